The molecule has 2 heterocycles. The smallest absolute Gasteiger partial charge is 0.241 e. The Morgan fingerprint density at radius 1 is 1.07 bits per heavy atom. The highest BCUT2D eigenvalue weighted by Crippen LogP contribution is 2.23. The zero-order valence-corrected chi connectivity index (χ0v) is 17.1. The fraction of sp³-hybridized carbons (Fsp3) is 0.292. The van der Waals surface area contributed by atoms with Crippen molar-refractivity contribution in [2.75, 3.05) is 36.4 Å². The summed E-state index contributed by atoms with van der Waals surface area (Å²) in [5.41, 5.74) is 3.32. The van der Waals surface area contributed by atoms with E-state index in [-0.39, 0.29) is 11.9 Å². The Kier molecular flexibility index (Phi) is 5.92. The number of para-hydroxylation sites is 1. The number of aromatic nitrogens is 1. The number of carbonyl (C=O) groups is 1. The van der Waals surface area contributed by atoms with E-state index in [2.05, 4.69) is 26.2 Å². The first-order valence-corrected chi connectivity index (χ1v) is 10.3. The number of fused-ring (bicyclic) bond motifs is 1. The van der Waals surface area contributed by atoms with Crippen LogP contribution >= 0.6 is 0 Å². The average molecular weight is 399 g/mol. The van der Waals surface area contributed by atoms with Crippen LogP contribution in [0.4, 0.5) is 11.4 Å². The summed E-state index contributed by atoms with van der Waals surface area (Å²) < 4.78 is 0. The van der Waals surface area contributed by atoms with Gasteiger partial charge in [0, 0.05) is 37.8 Å². The Morgan fingerprint density at radius 3 is 2.80 bits per heavy atom. The lowest BCUT2D eigenvalue weighted by Gasteiger charge is -2.27. The van der Waals surface area contributed by atoms with E-state index in [4.69, 9.17) is 0 Å². The molecular weight excluding hydrogens is 374 g/mol. The highest BCUT2D eigenvalue weighted by molar-refractivity contribution is 6.02. The van der Waals surface area contributed by atoms with Gasteiger partial charge in [-0.2, -0.15) is 5.26 Å². The molecule has 0 radical (unpaired) electrons. The number of rotatable bonds is 4. The molecule has 2 aromatic carbocycles. The molecule has 1 aliphatic rings. The van der Waals surface area contributed by atoms with Gasteiger partial charge in [-0.05, 0) is 49.7 Å². The molecule has 1 aliphatic heterocycles. The molecule has 0 saturated carbocycles. The molecule has 6 heteroatoms. The topological polar surface area (TPSA) is 72.3 Å². The largest absolute Gasteiger partial charge is 0.369 e. The van der Waals surface area contributed by atoms with Gasteiger partial charge in [0.1, 0.15) is 6.07 Å². The molecular formula is C24H25N5O. The fourth-order valence-corrected chi connectivity index (χ4v) is 4.02. The molecule has 4 rings (SSSR count). The number of amides is 1. The minimum atomic E-state index is -0.247. The summed E-state index contributed by atoms with van der Waals surface area (Å²) in [5, 5.41) is 13.4. The van der Waals surface area contributed by atoms with Crippen LogP contribution in [0, 0.1) is 11.3 Å². The number of anilines is 2. The van der Waals surface area contributed by atoms with Gasteiger partial charge in [0.15, 0.2) is 0 Å². The molecule has 1 N–H and O–H groups in total. The summed E-state index contributed by atoms with van der Waals surface area (Å²) in [4.78, 5) is 21.8. The Hall–Kier alpha value is -3.43. The van der Waals surface area contributed by atoms with E-state index in [9.17, 15) is 10.1 Å². The normalized spacial score (nSPS) is 15.9. The number of carbonyl (C=O) groups excluding carboxylic acids is 1. The zero-order chi connectivity index (χ0) is 20.9. The summed E-state index contributed by atoms with van der Waals surface area (Å²) in [6, 6.07) is 19.4. The van der Waals surface area contributed by atoms with E-state index >= 15 is 0 Å². The lowest BCUT2D eigenvalue weighted by atomic mass is 10.1. The molecule has 0 spiro atoms. The van der Waals surface area contributed by atoms with Crippen molar-refractivity contribution in [1.82, 2.24) is 9.88 Å². The molecule has 1 aromatic heterocycles. The Morgan fingerprint density at radius 2 is 1.93 bits per heavy atom. The standard InChI is InChI=1S/C24H25N5O/c1-18(24(30)27-22-10-4-9-21-20(22)8-5-12-26-21)28-13-6-14-29(16-15-28)23-11-3-2-7-19(23)17-25/h2-5,7-12,18H,6,13-16H2,1H3,(H,27,30)/t18-/m0/s1. The first-order chi connectivity index (χ1) is 14.7. The molecule has 1 amide bonds. The number of pyridine rings is 1. The van der Waals surface area contributed by atoms with Gasteiger partial charge in [-0.25, -0.2) is 0 Å². The molecule has 0 unspecified atom stereocenters. The SMILES string of the molecule is C[C@@H](C(=O)Nc1cccc2ncccc12)N1CCCN(c2ccccc2C#N)CC1. The van der Waals surface area contributed by atoms with E-state index in [1.807, 2.05) is 61.5 Å². The number of nitrogens with one attached hydrogen (secondary N) is 1. The number of benzene rings is 2. The summed E-state index contributed by atoms with van der Waals surface area (Å²) in [5.74, 6) is -0.0165. The van der Waals surface area contributed by atoms with Gasteiger partial charge < -0.3 is 10.2 Å². The van der Waals surface area contributed by atoms with Gasteiger partial charge in [-0.1, -0.05) is 18.2 Å². The summed E-state index contributed by atoms with van der Waals surface area (Å²) in [7, 11) is 0. The molecule has 30 heavy (non-hydrogen) atoms. The van der Waals surface area contributed by atoms with Gasteiger partial charge in [0.2, 0.25) is 5.91 Å². The van der Waals surface area contributed by atoms with Crippen LogP contribution in [0.5, 0.6) is 0 Å². The van der Waals surface area contributed by atoms with Crippen molar-refractivity contribution in [3.63, 3.8) is 0 Å². The van der Waals surface area contributed by atoms with Gasteiger partial charge >= 0.3 is 0 Å². The average Bonchev–Trinajstić information content (AvgIpc) is 3.05. The van der Waals surface area contributed by atoms with Crippen molar-refractivity contribution in [3.05, 3.63) is 66.4 Å². The quantitative estimate of drug-likeness (QED) is 0.725. The predicted octanol–water partition coefficient (Wildman–Crippen LogP) is 3.65. The molecule has 3 aromatic rings. The number of hydrogen-bond acceptors (Lipinski definition) is 5. The number of nitriles is 1. The van der Waals surface area contributed by atoms with Crippen LogP contribution in [0.3, 0.4) is 0 Å². The van der Waals surface area contributed by atoms with Crippen LogP contribution in [0.15, 0.2) is 60.8 Å². The van der Waals surface area contributed by atoms with Crippen LogP contribution in [-0.2, 0) is 4.79 Å². The second-order valence-electron chi connectivity index (χ2n) is 7.55. The van der Waals surface area contributed by atoms with Gasteiger partial charge in [0.25, 0.3) is 0 Å². The fourth-order valence-electron chi connectivity index (χ4n) is 4.02. The minimum Gasteiger partial charge on any atom is -0.369 e. The van der Waals surface area contributed by atoms with Gasteiger partial charge in [-0.15, -0.1) is 0 Å². The molecule has 1 fully saturated rings. The maximum atomic E-state index is 13.0. The Balaban J connectivity index is 1.44. The number of nitrogens with zero attached hydrogens (tertiary/aromatic N) is 4. The first-order valence-electron chi connectivity index (χ1n) is 10.3. The third-order valence-corrected chi connectivity index (χ3v) is 5.73. The molecule has 6 nitrogen and oxygen atoms in total. The van der Waals surface area contributed by atoms with Crippen LogP contribution < -0.4 is 10.2 Å². The second kappa shape index (κ2) is 8.93. The minimum absolute atomic E-state index is 0.0165. The van der Waals surface area contributed by atoms with Crippen LogP contribution in [0.25, 0.3) is 10.9 Å². The van der Waals surface area contributed by atoms with Crippen molar-refractivity contribution in [1.29, 1.82) is 5.26 Å². The molecule has 0 aliphatic carbocycles. The monoisotopic (exact) mass is 399 g/mol. The van der Waals surface area contributed by atoms with Crippen LogP contribution in [0.1, 0.15) is 18.9 Å². The second-order valence-corrected chi connectivity index (χ2v) is 7.55. The first kappa shape index (κ1) is 19.9. The number of hydrogen-bond donors (Lipinski definition) is 1. The van der Waals surface area contributed by atoms with E-state index in [1.165, 1.54) is 0 Å². The van der Waals surface area contributed by atoms with E-state index in [0.29, 0.717) is 5.56 Å². The third kappa shape index (κ3) is 4.12. The van der Waals surface area contributed by atoms with Crippen molar-refractivity contribution >= 4 is 28.2 Å². The summed E-state index contributed by atoms with van der Waals surface area (Å²) >= 11 is 0. The van der Waals surface area contributed by atoms with E-state index < -0.39 is 0 Å². The summed E-state index contributed by atoms with van der Waals surface area (Å²) in [6.45, 7) is 5.23. The van der Waals surface area contributed by atoms with Crippen molar-refractivity contribution in [3.8, 4) is 6.07 Å². The van der Waals surface area contributed by atoms with Crippen molar-refractivity contribution in [2.45, 2.75) is 19.4 Å². The Bertz CT molecular complexity index is 1080. The molecule has 152 valence electrons. The highest BCUT2D eigenvalue weighted by atomic mass is 16.2. The van der Waals surface area contributed by atoms with Crippen molar-refractivity contribution < 1.29 is 4.79 Å². The maximum Gasteiger partial charge on any atom is 0.241 e. The van der Waals surface area contributed by atoms with E-state index in [0.717, 1.165) is 54.9 Å². The lowest BCUT2D eigenvalue weighted by Crippen LogP contribution is -2.44. The zero-order valence-electron chi connectivity index (χ0n) is 17.1. The van der Waals surface area contributed by atoms with Gasteiger partial charge in [-0.3, -0.25) is 14.7 Å². The summed E-state index contributed by atoms with van der Waals surface area (Å²) in [6.07, 6.45) is 2.69. The molecule has 0 bridgehead atoms. The van der Waals surface area contributed by atoms with Crippen molar-refractivity contribution in [2.24, 2.45) is 0 Å². The predicted molar refractivity (Wildman–Crippen MR) is 119 cm³/mol. The Labute approximate surface area is 176 Å². The molecule has 1 atom stereocenters. The third-order valence-electron chi connectivity index (χ3n) is 5.73. The van der Waals surface area contributed by atoms with Crippen LogP contribution in [0.2, 0.25) is 0 Å². The lowest BCUT2D eigenvalue weighted by molar-refractivity contribution is -0.120. The molecule has 1 saturated heterocycles. The highest BCUT2D eigenvalue weighted by Gasteiger charge is 2.25. The van der Waals surface area contributed by atoms with E-state index in [1.54, 1.807) is 6.20 Å². The maximum absolute atomic E-state index is 13.0. The van der Waals surface area contributed by atoms with Crippen LogP contribution in [-0.4, -0.2) is 48.0 Å². The van der Waals surface area contributed by atoms with Gasteiger partial charge in [0.05, 0.1) is 28.5 Å².